The Morgan fingerprint density at radius 1 is 1.35 bits per heavy atom. The number of hydrogen-bond donors (Lipinski definition) is 1. The van der Waals surface area contributed by atoms with E-state index < -0.39 is 5.82 Å². The van der Waals surface area contributed by atoms with Gasteiger partial charge in [-0.15, -0.1) is 0 Å². The molecule has 0 amide bonds. The van der Waals surface area contributed by atoms with Crippen molar-refractivity contribution in [2.24, 2.45) is 0 Å². The van der Waals surface area contributed by atoms with Crippen LogP contribution in [-0.2, 0) is 0 Å². The third-order valence-corrected chi connectivity index (χ3v) is 3.57. The Labute approximate surface area is 112 Å². The summed E-state index contributed by atoms with van der Waals surface area (Å²) in [6.45, 7) is 1.96. The van der Waals surface area contributed by atoms with E-state index >= 15 is 0 Å². The van der Waals surface area contributed by atoms with Crippen LogP contribution in [0.1, 0.15) is 5.56 Å². The number of rotatable bonds is 2. The molecule has 0 fully saturated rings. The summed E-state index contributed by atoms with van der Waals surface area (Å²) in [6, 6.07) is 6.42. The van der Waals surface area contributed by atoms with Crippen LogP contribution in [-0.4, -0.2) is 4.98 Å². The van der Waals surface area contributed by atoms with Crippen molar-refractivity contribution >= 4 is 39.0 Å². The minimum atomic E-state index is -0.458. The Morgan fingerprint density at radius 2 is 2.12 bits per heavy atom. The molecule has 1 aromatic heterocycles. The highest BCUT2D eigenvalue weighted by Gasteiger charge is 2.06. The van der Waals surface area contributed by atoms with Crippen molar-refractivity contribution < 1.29 is 4.39 Å². The number of pyridine rings is 1. The van der Waals surface area contributed by atoms with Gasteiger partial charge in [0, 0.05) is 11.9 Å². The molecule has 2 nitrogen and oxygen atoms in total. The maximum absolute atomic E-state index is 13.3. The third-order valence-electron chi connectivity index (χ3n) is 2.26. The Bertz CT molecular complexity index is 560. The van der Waals surface area contributed by atoms with E-state index in [2.05, 4.69) is 26.2 Å². The smallest absolute Gasteiger partial charge is 0.144 e. The molecule has 2 aromatic rings. The van der Waals surface area contributed by atoms with E-state index in [1.54, 1.807) is 12.3 Å². The predicted molar refractivity (Wildman–Crippen MR) is 71.4 cm³/mol. The lowest BCUT2D eigenvalue weighted by atomic mass is 10.2. The van der Waals surface area contributed by atoms with Crippen LogP contribution >= 0.6 is 27.5 Å². The molecule has 0 radical (unpaired) electrons. The molecule has 1 heterocycles. The predicted octanol–water partition coefficient (Wildman–Crippen LogP) is 4.69. The molecule has 88 valence electrons. The summed E-state index contributed by atoms with van der Waals surface area (Å²) in [5.74, 6) is 0.187. The van der Waals surface area contributed by atoms with Gasteiger partial charge in [0.25, 0.3) is 0 Å². The van der Waals surface area contributed by atoms with Gasteiger partial charge in [0.15, 0.2) is 0 Å². The number of benzene rings is 1. The second-order valence-corrected chi connectivity index (χ2v) is 4.74. The first-order valence-corrected chi connectivity index (χ1v) is 6.08. The summed E-state index contributed by atoms with van der Waals surface area (Å²) >= 11 is 9.04. The second kappa shape index (κ2) is 5.02. The lowest BCUT2D eigenvalue weighted by Gasteiger charge is -2.09. The molecule has 0 saturated heterocycles. The highest BCUT2D eigenvalue weighted by molar-refractivity contribution is 9.10. The Kier molecular flexibility index (Phi) is 3.64. The van der Waals surface area contributed by atoms with Crippen molar-refractivity contribution in [2.45, 2.75) is 6.92 Å². The summed E-state index contributed by atoms with van der Waals surface area (Å²) in [6.07, 6.45) is 1.69. The van der Waals surface area contributed by atoms with Gasteiger partial charge in [-0.3, -0.25) is 0 Å². The zero-order chi connectivity index (χ0) is 12.4. The fraction of sp³-hybridized carbons (Fsp3) is 0.0833. The molecule has 0 bridgehead atoms. The molecular formula is C12H9BrClFN2. The van der Waals surface area contributed by atoms with Crippen LogP contribution in [0.25, 0.3) is 0 Å². The van der Waals surface area contributed by atoms with Crippen molar-refractivity contribution in [3.63, 3.8) is 0 Å². The molecule has 17 heavy (non-hydrogen) atoms. The molecule has 1 aromatic carbocycles. The quantitative estimate of drug-likeness (QED) is 0.869. The zero-order valence-corrected chi connectivity index (χ0v) is 11.3. The molecule has 0 atom stereocenters. The third kappa shape index (κ3) is 2.76. The second-order valence-electron chi connectivity index (χ2n) is 3.54. The number of anilines is 2. The molecule has 5 heteroatoms. The van der Waals surface area contributed by atoms with Crippen LogP contribution in [0.15, 0.2) is 34.9 Å². The maximum atomic E-state index is 13.3. The van der Waals surface area contributed by atoms with E-state index in [1.807, 2.05) is 13.0 Å². The van der Waals surface area contributed by atoms with Crippen LogP contribution in [0.3, 0.4) is 0 Å². The van der Waals surface area contributed by atoms with E-state index in [-0.39, 0.29) is 5.02 Å². The first-order chi connectivity index (χ1) is 8.08. The van der Waals surface area contributed by atoms with Crippen molar-refractivity contribution in [2.75, 3.05) is 5.32 Å². The topological polar surface area (TPSA) is 24.9 Å². The van der Waals surface area contributed by atoms with Crippen molar-refractivity contribution in [1.29, 1.82) is 0 Å². The number of nitrogens with zero attached hydrogens (tertiary/aromatic N) is 1. The summed E-state index contributed by atoms with van der Waals surface area (Å²) in [5, 5.41) is 3.13. The summed E-state index contributed by atoms with van der Waals surface area (Å²) in [4.78, 5) is 4.17. The molecular weight excluding hydrogens is 307 g/mol. The summed E-state index contributed by atoms with van der Waals surface area (Å²) < 4.78 is 14.1. The minimum absolute atomic E-state index is 0.104. The molecule has 0 aliphatic carbocycles. The number of aromatic nitrogens is 1. The molecule has 0 unspecified atom stereocenters. The maximum Gasteiger partial charge on any atom is 0.144 e. The SMILES string of the molecule is Cc1ccnc(Nc2ccc(Cl)c(F)c2)c1Br. The summed E-state index contributed by atoms with van der Waals surface area (Å²) in [7, 11) is 0. The first kappa shape index (κ1) is 12.3. The van der Waals surface area contributed by atoms with Gasteiger partial charge in [-0.05, 0) is 52.7 Å². The fourth-order valence-corrected chi connectivity index (χ4v) is 1.79. The molecule has 0 aliphatic rings. The standard InChI is InChI=1S/C12H9BrClFN2/c1-7-4-5-16-12(11(7)13)17-8-2-3-9(14)10(15)6-8/h2-6H,1H3,(H,16,17). The molecule has 2 rings (SSSR count). The van der Waals surface area contributed by atoms with Gasteiger partial charge in [0.2, 0.25) is 0 Å². The van der Waals surface area contributed by atoms with Crippen LogP contribution in [0.5, 0.6) is 0 Å². The lowest BCUT2D eigenvalue weighted by Crippen LogP contribution is -1.96. The van der Waals surface area contributed by atoms with Gasteiger partial charge < -0.3 is 5.32 Å². The van der Waals surface area contributed by atoms with E-state index in [4.69, 9.17) is 11.6 Å². The normalized spacial score (nSPS) is 10.4. The number of nitrogens with one attached hydrogen (secondary N) is 1. The van der Waals surface area contributed by atoms with Crippen molar-refractivity contribution in [3.05, 3.63) is 51.3 Å². The average molecular weight is 316 g/mol. The number of hydrogen-bond acceptors (Lipinski definition) is 2. The van der Waals surface area contributed by atoms with Gasteiger partial charge in [0.05, 0.1) is 9.50 Å². The molecule has 1 N–H and O–H groups in total. The van der Waals surface area contributed by atoms with Gasteiger partial charge in [0.1, 0.15) is 11.6 Å². The van der Waals surface area contributed by atoms with Crippen LogP contribution < -0.4 is 5.32 Å². The number of aryl methyl sites for hydroxylation is 1. The fourth-order valence-electron chi connectivity index (χ4n) is 1.34. The lowest BCUT2D eigenvalue weighted by molar-refractivity contribution is 0.629. The Hall–Kier alpha value is -1.13. The molecule has 0 spiro atoms. The van der Waals surface area contributed by atoms with Gasteiger partial charge >= 0.3 is 0 Å². The van der Waals surface area contributed by atoms with Crippen LogP contribution in [0, 0.1) is 12.7 Å². The van der Waals surface area contributed by atoms with Crippen LogP contribution in [0.4, 0.5) is 15.9 Å². The van der Waals surface area contributed by atoms with E-state index in [0.717, 1.165) is 10.0 Å². The van der Waals surface area contributed by atoms with Crippen molar-refractivity contribution in [1.82, 2.24) is 4.98 Å². The highest BCUT2D eigenvalue weighted by atomic mass is 79.9. The molecule has 0 aliphatic heterocycles. The van der Waals surface area contributed by atoms with E-state index in [1.165, 1.54) is 12.1 Å². The van der Waals surface area contributed by atoms with E-state index in [9.17, 15) is 4.39 Å². The largest absolute Gasteiger partial charge is 0.339 e. The minimum Gasteiger partial charge on any atom is -0.339 e. The van der Waals surface area contributed by atoms with Gasteiger partial charge in [-0.1, -0.05) is 11.6 Å². The average Bonchev–Trinajstić information content (AvgIpc) is 2.30. The number of halogens is 3. The highest BCUT2D eigenvalue weighted by Crippen LogP contribution is 2.27. The van der Waals surface area contributed by atoms with Gasteiger partial charge in [-0.2, -0.15) is 0 Å². The summed E-state index contributed by atoms with van der Waals surface area (Å²) in [5.41, 5.74) is 1.66. The Balaban J connectivity index is 2.31. The monoisotopic (exact) mass is 314 g/mol. The van der Waals surface area contributed by atoms with Crippen LogP contribution in [0.2, 0.25) is 5.02 Å². The van der Waals surface area contributed by atoms with Crippen molar-refractivity contribution in [3.8, 4) is 0 Å². The zero-order valence-electron chi connectivity index (χ0n) is 8.97. The van der Waals surface area contributed by atoms with Gasteiger partial charge in [-0.25, -0.2) is 9.37 Å². The molecule has 0 saturated carbocycles. The first-order valence-electron chi connectivity index (χ1n) is 4.91. The van der Waals surface area contributed by atoms with E-state index in [0.29, 0.717) is 11.5 Å². The Morgan fingerprint density at radius 3 is 2.82 bits per heavy atom.